The first-order chi connectivity index (χ1) is 19.8. The maximum Gasteiger partial charge on any atom is 0.243 e. The maximum absolute atomic E-state index is 13.4. The molecule has 2 heterocycles. The lowest BCUT2D eigenvalue weighted by molar-refractivity contribution is -0.116. The Morgan fingerprint density at radius 3 is 2.29 bits per heavy atom. The van der Waals surface area contributed by atoms with Gasteiger partial charge in [0, 0.05) is 36.1 Å². The second kappa shape index (κ2) is 12.6. The van der Waals surface area contributed by atoms with Crippen molar-refractivity contribution in [3.05, 3.63) is 84.4 Å². The summed E-state index contributed by atoms with van der Waals surface area (Å²) >= 11 is 1.30. The molecular formula is C30H33N5O4S2. The minimum Gasteiger partial charge on any atom is -0.379 e. The monoisotopic (exact) mass is 591 g/mol. The van der Waals surface area contributed by atoms with Crippen molar-refractivity contribution in [2.45, 2.75) is 36.9 Å². The lowest BCUT2D eigenvalue weighted by atomic mass is 10.1. The number of nitrogens with zero attached hydrogens (tertiary/aromatic N) is 5. The van der Waals surface area contributed by atoms with Crippen LogP contribution >= 0.6 is 11.8 Å². The van der Waals surface area contributed by atoms with Gasteiger partial charge in [0.25, 0.3) is 0 Å². The quantitative estimate of drug-likeness (QED) is 0.258. The predicted octanol–water partition coefficient (Wildman–Crippen LogP) is 4.80. The van der Waals surface area contributed by atoms with Crippen LogP contribution in [0.25, 0.3) is 17.1 Å². The topological polar surface area (TPSA) is 97.6 Å². The Kier molecular flexibility index (Phi) is 8.88. The number of anilines is 1. The minimum absolute atomic E-state index is 0.0214. The van der Waals surface area contributed by atoms with Gasteiger partial charge in [0.05, 0.1) is 23.9 Å². The highest BCUT2D eigenvalue weighted by Crippen LogP contribution is 2.32. The molecule has 0 atom stereocenters. The van der Waals surface area contributed by atoms with Crippen LogP contribution in [0.2, 0.25) is 0 Å². The fourth-order valence-corrected chi connectivity index (χ4v) is 7.05. The number of hydrogen-bond acceptors (Lipinski definition) is 7. The van der Waals surface area contributed by atoms with E-state index in [2.05, 4.69) is 10.2 Å². The fourth-order valence-electron chi connectivity index (χ4n) is 4.80. The number of benzene rings is 3. The van der Waals surface area contributed by atoms with E-state index in [-0.39, 0.29) is 22.6 Å². The molecule has 5 rings (SSSR count). The summed E-state index contributed by atoms with van der Waals surface area (Å²) in [5.74, 6) is 0.615. The normalized spacial score (nSPS) is 14.3. The van der Waals surface area contributed by atoms with Gasteiger partial charge in [0.1, 0.15) is 0 Å². The summed E-state index contributed by atoms with van der Waals surface area (Å²) in [6, 6.07) is 24.3. The molecule has 11 heteroatoms. The van der Waals surface area contributed by atoms with Gasteiger partial charge in [-0.1, -0.05) is 54.2 Å². The summed E-state index contributed by atoms with van der Waals surface area (Å²) in [6.45, 7) is 7.27. The van der Waals surface area contributed by atoms with Gasteiger partial charge in [-0.15, -0.1) is 10.2 Å². The number of ether oxygens (including phenoxy) is 1. The van der Waals surface area contributed by atoms with Gasteiger partial charge in [-0.25, -0.2) is 8.42 Å². The molecule has 0 spiro atoms. The molecule has 0 N–H and O–H groups in total. The number of hydrogen-bond donors (Lipinski definition) is 0. The van der Waals surface area contributed by atoms with Crippen LogP contribution in [0.4, 0.5) is 5.69 Å². The van der Waals surface area contributed by atoms with Crippen LogP contribution in [0, 0.1) is 6.92 Å². The van der Waals surface area contributed by atoms with E-state index in [0.717, 1.165) is 16.9 Å². The molecule has 1 fully saturated rings. The van der Waals surface area contributed by atoms with Gasteiger partial charge in [-0.05, 0) is 62.7 Å². The number of sulfonamides is 1. The van der Waals surface area contributed by atoms with Crippen LogP contribution in [-0.4, -0.2) is 71.5 Å². The minimum atomic E-state index is -3.71. The zero-order chi connectivity index (χ0) is 29.0. The molecule has 0 unspecified atom stereocenters. The van der Waals surface area contributed by atoms with E-state index in [1.54, 1.807) is 23.1 Å². The van der Waals surface area contributed by atoms with Crippen LogP contribution < -0.4 is 4.90 Å². The zero-order valence-electron chi connectivity index (χ0n) is 23.3. The van der Waals surface area contributed by atoms with Crippen molar-refractivity contribution in [2.24, 2.45) is 0 Å². The first-order valence-corrected chi connectivity index (χ1v) is 15.9. The second-order valence-corrected chi connectivity index (χ2v) is 12.8. The lowest BCUT2D eigenvalue weighted by Gasteiger charge is -2.26. The number of morpholine rings is 1. The van der Waals surface area contributed by atoms with E-state index in [0.29, 0.717) is 42.8 Å². The summed E-state index contributed by atoms with van der Waals surface area (Å²) in [4.78, 5) is 15.4. The number of aryl methyl sites for hydroxylation is 1. The molecule has 1 aromatic heterocycles. The Bertz CT molecular complexity index is 1600. The molecule has 0 saturated carbocycles. The SMILES string of the molecule is Cc1ccc(S(=O)(=O)N2CCOCC2)cc1-c1nnc(SCC(=O)N(c2ccccc2)C(C)C)n1-c1ccccc1. The molecule has 9 nitrogen and oxygen atoms in total. The van der Waals surface area contributed by atoms with Crippen LogP contribution in [0.3, 0.4) is 0 Å². The summed E-state index contributed by atoms with van der Waals surface area (Å²) in [7, 11) is -3.71. The third kappa shape index (κ3) is 6.23. The summed E-state index contributed by atoms with van der Waals surface area (Å²) in [5.41, 5.74) is 3.17. The second-order valence-electron chi connectivity index (χ2n) is 9.95. The molecule has 1 aliphatic heterocycles. The maximum atomic E-state index is 13.4. The van der Waals surface area contributed by atoms with Crippen molar-refractivity contribution in [3.63, 3.8) is 0 Å². The Morgan fingerprint density at radius 2 is 1.63 bits per heavy atom. The van der Waals surface area contributed by atoms with E-state index in [4.69, 9.17) is 4.74 Å². The average Bonchev–Trinajstić information content (AvgIpc) is 3.41. The number of rotatable bonds is 9. The number of amides is 1. The number of thioether (sulfide) groups is 1. The predicted molar refractivity (Wildman–Crippen MR) is 161 cm³/mol. The summed E-state index contributed by atoms with van der Waals surface area (Å²) in [5, 5.41) is 9.52. The molecule has 0 bridgehead atoms. The Balaban J connectivity index is 1.50. The molecule has 214 valence electrons. The highest BCUT2D eigenvalue weighted by atomic mass is 32.2. The highest BCUT2D eigenvalue weighted by molar-refractivity contribution is 7.99. The average molecular weight is 592 g/mol. The first-order valence-electron chi connectivity index (χ1n) is 13.5. The van der Waals surface area contributed by atoms with Crippen LogP contribution in [-0.2, 0) is 19.6 Å². The molecular weight excluding hydrogens is 558 g/mol. The fraction of sp³-hybridized carbons (Fsp3) is 0.300. The van der Waals surface area contributed by atoms with Crippen molar-refractivity contribution in [3.8, 4) is 17.1 Å². The largest absolute Gasteiger partial charge is 0.379 e. The number of aromatic nitrogens is 3. The first kappa shape index (κ1) is 29.0. The molecule has 0 aliphatic carbocycles. The molecule has 1 aliphatic rings. The molecule has 41 heavy (non-hydrogen) atoms. The van der Waals surface area contributed by atoms with E-state index < -0.39 is 10.0 Å². The van der Waals surface area contributed by atoms with Gasteiger partial charge in [0.2, 0.25) is 15.9 Å². The van der Waals surface area contributed by atoms with Crippen molar-refractivity contribution >= 4 is 33.4 Å². The third-order valence-electron chi connectivity index (χ3n) is 6.85. The smallest absolute Gasteiger partial charge is 0.243 e. The van der Waals surface area contributed by atoms with Gasteiger partial charge in [0.15, 0.2) is 11.0 Å². The van der Waals surface area contributed by atoms with Gasteiger partial charge in [-0.2, -0.15) is 4.31 Å². The van der Waals surface area contributed by atoms with Crippen LogP contribution in [0.1, 0.15) is 19.4 Å². The molecule has 3 aromatic carbocycles. The Labute approximate surface area is 245 Å². The standard InChI is InChI=1S/C30H33N5O4S2/c1-22(2)34(24-10-6-4-7-11-24)28(36)21-40-30-32-31-29(35(30)25-12-8-5-9-13-25)27-20-26(15-14-23(27)3)41(37,38)33-16-18-39-19-17-33/h4-15,20,22H,16-19,21H2,1-3H3. The van der Waals surface area contributed by atoms with Crippen molar-refractivity contribution in [2.75, 3.05) is 37.0 Å². The van der Waals surface area contributed by atoms with Crippen molar-refractivity contribution < 1.29 is 17.9 Å². The van der Waals surface area contributed by atoms with Crippen LogP contribution in [0.15, 0.2) is 88.9 Å². The third-order valence-corrected chi connectivity index (χ3v) is 9.66. The van der Waals surface area contributed by atoms with Gasteiger partial charge in [-0.3, -0.25) is 9.36 Å². The molecule has 4 aromatic rings. The number of para-hydroxylation sites is 2. The summed E-state index contributed by atoms with van der Waals surface area (Å²) in [6.07, 6.45) is 0. The van der Waals surface area contributed by atoms with E-state index in [9.17, 15) is 13.2 Å². The number of carbonyl (C=O) groups excluding carboxylic acids is 1. The van der Waals surface area contributed by atoms with E-state index >= 15 is 0 Å². The van der Waals surface area contributed by atoms with Crippen molar-refractivity contribution in [1.82, 2.24) is 19.1 Å². The summed E-state index contributed by atoms with van der Waals surface area (Å²) < 4.78 is 35.6. The van der Waals surface area contributed by atoms with E-state index in [1.807, 2.05) is 86.0 Å². The molecule has 1 saturated heterocycles. The lowest BCUT2D eigenvalue weighted by Crippen LogP contribution is -2.40. The Hall–Kier alpha value is -3.51. The number of carbonyl (C=O) groups is 1. The zero-order valence-corrected chi connectivity index (χ0v) is 24.9. The molecule has 1 amide bonds. The Morgan fingerprint density at radius 1 is 0.976 bits per heavy atom. The molecule has 0 radical (unpaired) electrons. The van der Waals surface area contributed by atoms with Gasteiger partial charge >= 0.3 is 0 Å². The van der Waals surface area contributed by atoms with E-state index in [1.165, 1.54) is 16.1 Å². The van der Waals surface area contributed by atoms with Crippen molar-refractivity contribution in [1.29, 1.82) is 0 Å². The highest BCUT2D eigenvalue weighted by Gasteiger charge is 2.28. The van der Waals surface area contributed by atoms with Crippen LogP contribution in [0.5, 0.6) is 0 Å². The van der Waals surface area contributed by atoms with Gasteiger partial charge < -0.3 is 9.64 Å².